The number of hydrogen-bond acceptors (Lipinski definition) is 2. The summed E-state index contributed by atoms with van der Waals surface area (Å²) >= 11 is 0. The number of halogens is 1. The molecule has 0 aliphatic carbocycles. The topological polar surface area (TPSA) is 41.1 Å². The molecule has 2 aromatic rings. The first-order valence-electron chi connectivity index (χ1n) is 6.40. The van der Waals surface area contributed by atoms with Gasteiger partial charge in [0.15, 0.2) is 0 Å². The van der Waals surface area contributed by atoms with Gasteiger partial charge in [-0.25, -0.2) is 4.39 Å². The predicted molar refractivity (Wildman–Crippen MR) is 78.3 cm³/mol. The molecule has 0 radical (unpaired) electrons. The van der Waals surface area contributed by atoms with Gasteiger partial charge in [0.05, 0.1) is 0 Å². The van der Waals surface area contributed by atoms with Crippen LogP contribution in [-0.2, 0) is 6.54 Å². The third-order valence-corrected chi connectivity index (χ3v) is 2.90. The Morgan fingerprint density at radius 1 is 1.15 bits per heavy atom. The van der Waals surface area contributed by atoms with Crippen molar-refractivity contribution in [1.29, 1.82) is 0 Å². The van der Waals surface area contributed by atoms with Crippen LogP contribution >= 0.6 is 0 Å². The van der Waals surface area contributed by atoms with Gasteiger partial charge in [-0.2, -0.15) is 0 Å². The Morgan fingerprint density at radius 2 is 1.85 bits per heavy atom. The van der Waals surface area contributed by atoms with Crippen LogP contribution in [0.5, 0.6) is 0 Å². The number of hydrogen-bond donors (Lipinski definition) is 2. The van der Waals surface area contributed by atoms with Gasteiger partial charge in [-0.3, -0.25) is 4.79 Å². The molecule has 0 unspecified atom stereocenters. The smallest absolute Gasteiger partial charge is 0.255 e. The number of amides is 1. The molecule has 0 saturated carbocycles. The van der Waals surface area contributed by atoms with Crippen molar-refractivity contribution in [3.8, 4) is 0 Å². The SMILES string of the molecule is CNCc1ccc(NC(=O)c2cc(C)cc(F)c2)cc1. The highest BCUT2D eigenvalue weighted by atomic mass is 19.1. The number of aryl methyl sites for hydroxylation is 1. The summed E-state index contributed by atoms with van der Waals surface area (Å²) in [5, 5.41) is 5.81. The van der Waals surface area contributed by atoms with E-state index in [0.29, 0.717) is 11.3 Å². The number of benzene rings is 2. The van der Waals surface area contributed by atoms with Gasteiger partial charge in [0.2, 0.25) is 0 Å². The number of rotatable bonds is 4. The molecule has 0 spiro atoms. The lowest BCUT2D eigenvalue weighted by Gasteiger charge is -2.07. The minimum absolute atomic E-state index is 0.311. The van der Waals surface area contributed by atoms with E-state index in [4.69, 9.17) is 0 Å². The van der Waals surface area contributed by atoms with Crippen LogP contribution in [0.25, 0.3) is 0 Å². The molecule has 2 N–H and O–H groups in total. The maximum atomic E-state index is 13.3. The molecule has 104 valence electrons. The first kappa shape index (κ1) is 14.2. The standard InChI is InChI=1S/C16H17FN2O/c1-11-7-13(9-14(17)8-11)16(20)19-15-5-3-12(4-6-15)10-18-2/h3-9,18H,10H2,1-2H3,(H,19,20). The number of carbonyl (C=O) groups excluding carboxylic acids is 1. The maximum absolute atomic E-state index is 13.3. The highest BCUT2D eigenvalue weighted by Crippen LogP contribution is 2.13. The highest BCUT2D eigenvalue weighted by molar-refractivity contribution is 6.04. The molecule has 0 saturated heterocycles. The molecule has 1 amide bonds. The third-order valence-electron chi connectivity index (χ3n) is 2.90. The molecular formula is C16H17FN2O. The fourth-order valence-corrected chi connectivity index (χ4v) is 1.98. The van der Waals surface area contributed by atoms with Crippen molar-refractivity contribution in [3.05, 3.63) is 65.0 Å². The van der Waals surface area contributed by atoms with Crippen LogP contribution in [0.15, 0.2) is 42.5 Å². The van der Waals surface area contributed by atoms with E-state index in [-0.39, 0.29) is 5.91 Å². The zero-order valence-electron chi connectivity index (χ0n) is 11.5. The van der Waals surface area contributed by atoms with E-state index in [1.165, 1.54) is 12.1 Å². The molecule has 2 aromatic carbocycles. The number of carbonyl (C=O) groups is 1. The predicted octanol–water partition coefficient (Wildman–Crippen LogP) is 3.11. The van der Waals surface area contributed by atoms with Crippen molar-refractivity contribution in [2.24, 2.45) is 0 Å². The fraction of sp³-hybridized carbons (Fsp3) is 0.188. The van der Waals surface area contributed by atoms with Gasteiger partial charge in [0, 0.05) is 17.8 Å². The Kier molecular flexibility index (Phi) is 4.48. The van der Waals surface area contributed by atoms with E-state index in [1.54, 1.807) is 13.0 Å². The minimum Gasteiger partial charge on any atom is -0.322 e. The average Bonchev–Trinajstić information content (AvgIpc) is 2.40. The van der Waals surface area contributed by atoms with E-state index in [1.807, 2.05) is 31.3 Å². The lowest BCUT2D eigenvalue weighted by atomic mass is 10.1. The van der Waals surface area contributed by atoms with Crippen LogP contribution in [0.3, 0.4) is 0 Å². The first-order valence-corrected chi connectivity index (χ1v) is 6.40. The van der Waals surface area contributed by atoms with Crippen LogP contribution in [0.1, 0.15) is 21.5 Å². The van der Waals surface area contributed by atoms with Crippen LogP contribution in [0.4, 0.5) is 10.1 Å². The molecule has 0 aliphatic heterocycles. The Hall–Kier alpha value is -2.20. The van der Waals surface area contributed by atoms with E-state index in [2.05, 4.69) is 10.6 Å². The molecule has 0 heterocycles. The summed E-state index contributed by atoms with van der Waals surface area (Å²) in [6.45, 7) is 2.53. The summed E-state index contributed by atoms with van der Waals surface area (Å²) in [4.78, 5) is 12.0. The molecule has 0 bridgehead atoms. The van der Waals surface area contributed by atoms with Gasteiger partial charge in [0.25, 0.3) is 5.91 Å². The second kappa shape index (κ2) is 6.30. The second-order valence-corrected chi connectivity index (χ2v) is 4.70. The highest BCUT2D eigenvalue weighted by Gasteiger charge is 2.08. The number of anilines is 1. The fourth-order valence-electron chi connectivity index (χ4n) is 1.98. The molecule has 0 aliphatic rings. The zero-order chi connectivity index (χ0) is 14.5. The van der Waals surface area contributed by atoms with Crippen molar-refractivity contribution >= 4 is 11.6 Å². The average molecular weight is 272 g/mol. The molecule has 3 nitrogen and oxygen atoms in total. The monoisotopic (exact) mass is 272 g/mol. The van der Waals surface area contributed by atoms with Crippen molar-refractivity contribution in [3.63, 3.8) is 0 Å². The first-order chi connectivity index (χ1) is 9.58. The molecule has 2 rings (SSSR count). The second-order valence-electron chi connectivity index (χ2n) is 4.70. The Balaban J connectivity index is 2.10. The van der Waals surface area contributed by atoms with Gasteiger partial charge in [-0.15, -0.1) is 0 Å². The summed E-state index contributed by atoms with van der Waals surface area (Å²) in [6.07, 6.45) is 0. The lowest BCUT2D eigenvalue weighted by Crippen LogP contribution is -2.12. The van der Waals surface area contributed by atoms with Crippen LogP contribution in [-0.4, -0.2) is 13.0 Å². The van der Waals surface area contributed by atoms with Gasteiger partial charge in [-0.1, -0.05) is 12.1 Å². The Bertz CT molecular complexity index is 588. The minimum atomic E-state index is -0.403. The maximum Gasteiger partial charge on any atom is 0.255 e. The van der Waals surface area contributed by atoms with E-state index in [9.17, 15) is 9.18 Å². The van der Waals surface area contributed by atoms with Crippen LogP contribution in [0.2, 0.25) is 0 Å². The largest absolute Gasteiger partial charge is 0.322 e. The molecule has 0 aromatic heterocycles. The van der Waals surface area contributed by atoms with Gasteiger partial charge in [-0.05, 0) is 55.4 Å². The van der Waals surface area contributed by atoms with Crippen molar-refractivity contribution in [2.45, 2.75) is 13.5 Å². The van der Waals surface area contributed by atoms with E-state index < -0.39 is 5.82 Å². The van der Waals surface area contributed by atoms with E-state index >= 15 is 0 Å². The van der Waals surface area contributed by atoms with Crippen molar-refractivity contribution < 1.29 is 9.18 Å². The Morgan fingerprint density at radius 3 is 2.45 bits per heavy atom. The van der Waals surface area contributed by atoms with Gasteiger partial charge in [0.1, 0.15) is 5.82 Å². The molecule has 4 heteroatoms. The normalized spacial score (nSPS) is 10.3. The summed E-state index contributed by atoms with van der Waals surface area (Å²) in [7, 11) is 1.88. The summed E-state index contributed by atoms with van der Waals surface area (Å²) in [6, 6.07) is 11.8. The Labute approximate surface area is 117 Å². The summed E-state index contributed by atoms with van der Waals surface area (Å²) < 4.78 is 13.3. The molecular weight excluding hydrogens is 255 g/mol. The number of nitrogens with one attached hydrogen (secondary N) is 2. The van der Waals surface area contributed by atoms with Gasteiger partial charge >= 0.3 is 0 Å². The van der Waals surface area contributed by atoms with Crippen molar-refractivity contribution in [1.82, 2.24) is 5.32 Å². The molecule has 0 atom stereocenters. The summed E-state index contributed by atoms with van der Waals surface area (Å²) in [5.41, 5.74) is 2.87. The molecule has 20 heavy (non-hydrogen) atoms. The van der Waals surface area contributed by atoms with Crippen molar-refractivity contribution in [2.75, 3.05) is 12.4 Å². The summed E-state index contributed by atoms with van der Waals surface area (Å²) in [5.74, 6) is -0.714. The lowest BCUT2D eigenvalue weighted by molar-refractivity contribution is 0.102. The van der Waals surface area contributed by atoms with Gasteiger partial charge < -0.3 is 10.6 Å². The van der Waals surface area contributed by atoms with E-state index in [0.717, 1.165) is 17.7 Å². The third kappa shape index (κ3) is 3.65. The molecule has 0 fully saturated rings. The van der Waals surface area contributed by atoms with Crippen LogP contribution in [0, 0.1) is 12.7 Å². The van der Waals surface area contributed by atoms with Crippen LogP contribution < -0.4 is 10.6 Å². The quantitative estimate of drug-likeness (QED) is 0.898. The zero-order valence-corrected chi connectivity index (χ0v) is 11.5.